The van der Waals surface area contributed by atoms with Crippen molar-refractivity contribution in [2.24, 2.45) is 0 Å². The van der Waals surface area contributed by atoms with Gasteiger partial charge >= 0.3 is 5.69 Å². The second-order valence-corrected chi connectivity index (χ2v) is 5.32. The molecule has 1 atom stereocenters. The van der Waals surface area contributed by atoms with Crippen LogP contribution in [0.3, 0.4) is 0 Å². The fourth-order valence-corrected chi connectivity index (χ4v) is 3.05. The van der Waals surface area contributed by atoms with Gasteiger partial charge in [-0.2, -0.15) is 0 Å². The van der Waals surface area contributed by atoms with Crippen LogP contribution in [-0.2, 0) is 6.42 Å². The van der Waals surface area contributed by atoms with E-state index in [1.807, 2.05) is 23.1 Å². The van der Waals surface area contributed by atoms with Crippen molar-refractivity contribution in [1.29, 1.82) is 0 Å². The van der Waals surface area contributed by atoms with Gasteiger partial charge in [-0.25, -0.2) is 0 Å². The standard InChI is InChI=1S/C15H13ClN2O2/c1-10-9-11-5-2-3-7-13(11)17(10)14-8-4-6-12(16)15(14)18(19)20/h2-8,10H,9H2,1H3. The molecule has 0 spiro atoms. The van der Waals surface area contributed by atoms with E-state index in [2.05, 4.69) is 13.0 Å². The van der Waals surface area contributed by atoms with Crippen LogP contribution in [0.2, 0.25) is 5.02 Å². The van der Waals surface area contributed by atoms with Crippen LogP contribution >= 0.6 is 11.6 Å². The monoisotopic (exact) mass is 288 g/mol. The molecule has 1 aliphatic heterocycles. The number of benzene rings is 2. The third kappa shape index (κ3) is 1.93. The summed E-state index contributed by atoms with van der Waals surface area (Å²) in [5, 5.41) is 11.5. The van der Waals surface area contributed by atoms with Crippen molar-refractivity contribution in [2.75, 3.05) is 4.90 Å². The highest BCUT2D eigenvalue weighted by molar-refractivity contribution is 6.33. The number of fused-ring (bicyclic) bond motifs is 1. The van der Waals surface area contributed by atoms with E-state index in [9.17, 15) is 10.1 Å². The molecule has 1 heterocycles. The SMILES string of the molecule is CC1Cc2ccccc2N1c1cccc(Cl)c1[N+](=O)[O-]. The van der Waals surface area contributed by atoms with Gasteiger partial charge in [0.25, 0.3) is 0 Å². The van der Waals surface area contributed by atoms with Crippen LogP contribution in [0.4, 0.5) is 17.1 Å². The largest absolute Gasteiger partial charge is 0.332 e. The molecule has 5 heteroatoms. The Morgan fingerprint density at radius 3 is 2.65 bits per heavy atom. The number of nitro benzene ring substituents is 1. The third-order valence-corrected chi connectivity index (χ3v) is 3.92. The number of hydrogen-bond acceptors (Lipinski definition) is 3. The van der Waals surface area contributed by atoms with E-state index in [-0.39, 0.29) is 16.8 Å². The molecule has 0 bridgehead atoms. The maximum absolute atomic E-state index is 11.3. The van der Waals surface area contributed by atoms with Crippen LogP contribution in [0.25, 0.3) is 0 Å². The average molecular weight is 289 g/mol. The zero-order chi connectivity index (χ0) is 14.3. The molecule has 0 amide bonds. The number of nitrogens with zero attached hydrogens (tertiary/aromatic N) is 2. The van der Waals surface area contributed by atoms with Crippen molar-refractivity contribution in [3.63, 3.8) is 0 Å². The Morgan fingerprint density at radius 2 is 1.90 bits per heavy atom. The lowest BCUT2D eigenvalue weighted by Crippen LogP contribution is -2.24. The lowest BCUT2D eigenvalue weighted by Gasteiger charge is -2.24. The summed E-state index contributed by atoms with van der Waals surface area (Å²) >= 11 is 6.01. The van der Waals surface area contributed by atoms with Gasteiger partial charge in [-0.1, -0.05) is 35.9 Å². The van der Waals surface area contributed by atoms with Gasteiger partial charge in [0.05, 0.1) is 4.92 Å². The first-order chi connectivity index (χ1) is 9.59. The Hall–Kier alpha value is -2.07. The molecule has 3 rings (SSSR count). The highest BCUT2D eigenvalue weighted by atomic mass is 35.5. The molecular formula is C15H13ClN2O2. The minimum atomic E-state index is -0.411. The molecule has 0 aromatic heterocycles. The molecule has 20 heavy (non-hydrogen) atoms. The highest BCUT2D eigenvalue weighted by Gasteiger charge is 2.32. The number of hydrogen-bond donors (Lipinski definition) is 0. The minimum Gasteiger partial charge on any atom is -0.332 e. The van der Waals surface area contributed by atoms with Gasteiger partial charge in [-0.15, -0.1) is 0 Å². The van der Waals surface area contributed by atoms with Gasteiger partial charge in [0, 0.05) is 11.7 Å². The van der Waals surface area contributed by atoms with Crippen LogP contribution in [0, 0.1) is 10.1 Å². The third-order valence-electron chi connectivity index (χ3n) is 3.61. The number of halogens is 1. The lowest BCUT2D eigenvalue weighted by molar-refractivity contribution is -0.384. The maximum Gasteiger partial charge on any atom is 0.311 e. The Kier molecular flexibility index (Phi) is 3.10. The molecule has 102 valence electrons. The summed E-state index contributed by atoms with van der Waals surface area (Å²) in [6.07, 6.45) is 0.875. The Bertz CT molecular complexity index is 687. The number of rotatable bonds is 2. The van der Waals surface area contributed by atoms with Crippen molar-refractivity contribution < 1.29 is 4.92 Å². The van der Waals surface area contributed by atoms with Gasteiger partial charge in [-0.05, 0) is 37.1 Å². The first kappa shape index (κ1) is 12.9. The topological polar surface area (TPSA) is 46.4 Å². The summed E-state index contributed by atoms with van der Waals surface area (Å²) in [5.74, 6) is 0. The van der Waals surface area contributed by atoms with Crippen LogP contribution < -0.4 is 4.90 Å². The molecule has 0 fully saturated rings. The summed E-state index contributed by atoms with van der Waals surface area (Å²) in [6.45, 7) is 2.06. The molecule has 2 aromatic carbocycles. The predicted molar refractivity (Wildman–Crippen MR) is 79.9 cm³/mol. The molecule has 0 aliphatic carbocycles. The van der Waals surface area contributed by atoms with Gasteiger partial charge in [0.15, 0.2) is 0 Å². The van der Waals surface area contributed by atoms with E-state index in [0.717, 1.165) is 12.1 Å². The Morgan fingerprint density at radius 1 is 1.20 bits per heavy atom. The van der Waals surface area contributed by atoms with E-state index < -0.39 is 4.92 Å². The summed E-state index contributed by atoms with van der Waals surface area (Å²) in [6, 6.07) is 13.2. The Labute approximate surface area is 121 Å². The quantitative estimate of drug-likeness (QED) is 0.610. The highest BCUT2D eigenvalue weighted by Crippen LogP contribution is 2.44. The van der Waals surface area contributed by atoms with E-state index in [1.54, 1.807) is 18.2 Å². The summed E-state index contributed by atoms with van der Waals surface area (Å²) < 4.78 is 0. The minimum absolute atomic E-state index is 0.0299. The molecule has 0 saturated carbocycles. The van der Waals surface area contributed by atoms with E-state index in [4.69, 9.17) is 11.6 Å². The smallest absolute Gasteiger partial charge is 0.311 e. The molecule has 0 saturated heterocycles. The molecule has 2 aromatic rings. The summed E-state index contributed by atoms with van der Waals surface area (Å²) in [4.78, 5) is 12.9. The van der Waals surface area contributed by atoms with Crippen LogP contribution in [0.1, 0.15) is 12.5 Å². The van der Waals surface area contributed by atoms with Gasteiger partial charge < -0.3 is 4.90 Å². The normalized spacial score (nSPS) is 17.1. The van der Waals surface area contributed by atoms with Crippen LogP contribution in [0.5, 0.6) is 0 Å². The lowest BCUT2D eigenvalue weighted by atomic mass is 10.1. The average Bonchev–Trinajstić information content (AvgIpc) is 2.73. The molecule has 0 radical (unpaired) electrons. The van der Waals surface area contributed by atoms with Crippen molar-refractivity contribution in [3.05, 3.63) is 63.2 Å². The molecule has 0 N–H and O–H groups in total. The van der Waals surface area contributed by atoms with Gasteiger partial charge in [0.2, 0.25) is 0 Å². The van der Waals surface area contributed by atoms with Gasteiger partial charge in [0.1, 0.15) is 10.7 Å². The number of nitro groups is 1. The van der Waals surface area contributed by atoms with Crippen molar-refractivity contribution in [2.45, 2.75) is 19.4 Å². The molecule has 4 nitrogen and oxygen atoms in total. The van der Waals surface area contributed by atoms with E-state index >= 15 is 0 Å². The van der Waals surface area contributed by atoms with E-state index in [0.29, 0.717) is 5.69 Å². The van der Waals surface area contributed by atoms with E-state index in [1.165, 1.54) is 5.56 Å². The van der Waals surface area contributed by atoms with Crippen LogP contribution in [0.15, 0.2) is 42.5 Å². The summed E-state index contributed by atoms with van der Waals surface area (Å²) in [5.41, 5.74) is 2.75. The second kappa shape index (κ2) is 4.80. The zero-order valence-electron chi connectivity index (χ0n) is 10.9. The fourth-order valence-electron chi connectivity index (χ4n) is 2.81. The molecular weight excluding hydrogens is 276 g/mol. The van der Waals surface area contributed by atoms with Crippen molar-refractivity contribution in [3.8, 4) is 0 Å². The molecule has 1 unspecified atom stereocenters. The van der Waals surface area contributed by atoms with Crippen molar-refractivity contribution in [1.82, 2.24) is 0 Å². The van der Waals surface area contributed by atoms with Gasteiger partial charge in [-0.3, -0.25) is 10.1 Å². The first-order valence-electron chi connectivity index (χ1n) is 6.39. The number of para-hydroxylation sites is 2. The summed E-state index contributed by atoms with van der Waals surface area (Å²) in [7, 11) is 0. The van der Waals surface area contributed by atoms with Crippen molar-refractivity contribution >= 4 is 28.7 Å². The Balaban J connectivity index is 2.20. The zero-order valence-corrected chi connectivity index (χ0v) is 11.7. The second-order valence-electron chi connectivity index (χ2n) is 4.92. The first-order valence-corrected chi connectivity index (χ1v) is 6.77. The maximum atomic E-state index is 11.3. The predicted octanol–water partition coefficient (Wildman–Crippen LogP) is 4.33. The number of anilines is 2. The molecule has 1 aliphatic rings. The fraction of sp³-hybridized carbons (Fsp3) is 0.200. The van der Waals surface area contributed by atoms with Crippen LogP contribution in [-0.4, -0.2) is 11.0 Å².